The maximum absolute atomic E-state index is 11.7. The maximum atomic E-state index is 11.7. The van der Waals surface area contributed by atoms with E-state index in [1.54, 1.807) is 30.6 Å². The molecule has 0 bridgehead atoms. The second-order valence-electron chi connectivity index (χ2n) is 6.72. The van der Waals surface area contributed by atoms with E-state index in [4.69, 9.17) is 4.74 Å². The van der Waals surface area contributed by atoms with Gasteiger partial charge in [-0.05, 0) is 67.7 Å². The van der Waals surface area contributed by atoms with E-state index in [2.05, 4.69) is 23.1 Å². The second kappa shape index (κ2) is 9.09. The molecule has 0 aliphatic heterocycles. The van der Waals surface area contributed by atoms with Gasteiger partial charge in [0.15, 0.2) is 9.84 Å². The van der Waals surface area contributed by atoms with E-state index in [-0.39, 0.29) is 12.4 Å². The Balaban J connectivity index is 0.00000280. The number of hydrogen-bond acceptors (Lipinski definition) is 5. The Bertz CT molecular complexity index is 1020. The molecule has 0 unspecified atom stereocenters. The van der Waals surface area contributed by atoms with Crippen molar-refractivity contribution in [3.8, 4) is 27.3 Å². The lowest BCUT2D eigenvalue weighted by molar-refractivity contribution is 0.406. The first kappa shape index (κ1) is 22.4. The second-order valence-corrected chi connectivity index (χ2v) is 9.87. The third-order valence-corrected chi connectivity index (χ3v) is 6.50. The van der Waals surface area contributed by atoms with Gasteiger partial charge in [-0.2, -0.15) is 0 Å². The van der Waals surface area contributed by atoms with Gasteiger partial charge in [0, 0.05) is 28.1 Å². The molecule has 1 heterocycles. The van der Waals surface area contributed by atoms with Crippen LogP contribution >= 0.6 is 23.7 Å². The summed E-state index contributed by atoms with van der Waals surface area (Å²) >= 11 is 1.76. The SMILES string of the molecule is COc1ccc(-c2sc(CN(C)C)cc2-c2ccc(S(C)(=O)=O)cc2)cc1.Cl. The average molecular weight is 438 g/mol. The molecule has 0 aliphatic rings. The minimum absolute atomic E-state index is 0. The van der Waals surface area contributed by atoms with Crippen LogP contribution < -0.4 is 4.74 Å². The van der Waals surface area contributed by atoms with Gasteiger partial charge in [-0.25, -0.2) is 8.42 Å². The van der Waals surface area contributed by atoms with Gasteiger partial charge >= 0.3 is 0 Å². The first-order valence-electron chi connectivity index (χ1n) is 8.50. The number of thiophene rings is 1. The van der Waals surface area contributed by atoms with Crippen LogP contribution in [0.25, 0.3) is 21.6 Å². The summed E-state index contributed by atoms with van der Waals surface area (Å²) in [6.45, 7) is 0.856. The number of hydrogen-bond donors (Lipinski definition) is 0. The van der Waals surface area contributed by atoms with E-state index in [0.717, 1.165) is 29.0 Å². The lowest BCUT2D eigenvalue weighted by Crippen LogP contribution is -2.09. The first-order chi connectivity index (χ1) is 12.8. The van der Waals surface area contributed by atoms with E-state index >= 15 is 0 Å². The topological polar surface area (TPSA) is 46.6 Å². The summed E-state index contributed by atoms with van der Waals surface area (Å²) < 4.78 is 28.7. The third kappa shape index (κ3) is 5.14. The molecule has 28 heavy (non-hydrogen) atoms. The van der Waals surface area contributed by atoms with Crippen LogP contribution in [0.5, 0.6) is 5.75 Å². The summed E-state index contributed by atoms with van der Waals surface area (Å²) in [5, 5.41) is 0. The number of methoxy groups -OCH3 is 1. The van der Waals surface area contributed by atoms with Crippen molar-refractivity contribution in [3.63, 3.8) is 0 Å². The molecule has 3 rings (SSSR count). The van der Waals surface area contributed by atoms with Crippen molar-refractivity contribution in [1.82, 2.24) is 4.90 Å². The molecule has 7 heteroatoms. The van der Waals surface area contributed by atoms with E-state index in [1.165, 1.54) is 16.0 Å². The number of benzene rings is 2. The molecule has 150 valence electrons. The molecular weight excluding hydrogens is 414 g/mol. The Kier molecular flexibility index (Phi) is 7.28. The summed E-state index contributed by atoms with van der Waals surface area (Å²) in [7, 11) is 2.55. The van der Waals surface area contributed by atoms with Gasteiger partial charge in [0.05, 0.1) is 12.0 Å². The third-order valence-electron chi connectivity index (χ3n) is 4.20. The molecule has 0 aliphatic carbocycles. The van der Waals surface area contributed by atoms with Crippen LogP contribution in [0.2, 0.25) is 0 Å². The highest BCUT2D eigenvalue weighted by atomic mass is 35.5. The standard InChI is InChI=1S/C21H23NO3S2.ClH/c1-22(2)14-18-13-20(15-7-11-19(12-8-15)27(4,23)24)21(26-18)16-5-9-17(25-3)10-6-16;/h5-13H,14H2,1-4H3;1H. The lowest BCUT2D eigenvalue weighted by Gasteiger charge is -2.07. The molecule has 0 radical (unpaired) electrons. The normalized spacial score (nSPS) is 11.3. The quantitative estimate of drug-likeness (QED) is 0.545. The van der Waals surface area contributed by atoms with Crippen molar-refractivity contribution < 1.29 is 13.2 Å². The number of sulfone groups is 1. The molecule has 1 aromatic heterocycles. The van der Waals surface area contributed by atoms with Gasteiger partial charge in [0.2, 0.25) is 0 Å². The summed E-state index contributed by atoms with van der Waals surface area (Å²) in [5.74, 6) is 0.822. The minimum atomic E-state index is -3.20. The molecule has 3 aromatic rings. The predicted molar refractivity (Wildman–Crippen MR) is 119 cm³/mol. The van der Waals surface area contributed by atoms with Crippen LogP contribution in [-0.2, 0) is 16.4 Å². The Hall–Kier alpha value is -1.86. The van der Waals surface area contributed by atoms with Crippen molar-refractivity contribution in [2.45, 2.75) is 11.4 Å². The number of nitrogens with zero attached hydrogens (tertiary/aromatic N) is 1. The van der Waals surface area contributed by atoms with Gasteiger partial charge in [-0.3, -0.25) is 0 Å². The molecule has 0 fully saturated rings. The highest BCUT2D eigenvalue weighted by molar-refractivity contribution is 7.90. The average Bonchev–Trinajstić information content (AvgIpc) is 3.04. The highest BCUT2D eigenvalue weighted by Crippen LogP contribution is 2.40. The number of rotatable bonds is 6. The van der Waals surface area contributed by atoms with E-state index in [0.29, 0.717) is 4.90 Å². The van der Waals surface area contributed by atoms with Crippen LogP contribution in [0.1, 0.15) is 4.88 Å². The lowest BCUT2D eigenvalue weighted by atomic mass is 10.0. The van der Waals surface area contributed by atoms with Crippen molar-refractivity contribution in [2.24, 2.45) is 0 Å². The smallest absolute Gasteiger partial charge is 0.175 e. The fourth-order valence-electron chi connectivity index (χ4n) is 2.88. The van der Waals surface area contributed by atoms with Crippen LogP contribution in [0.4, 0.5) is 0 Å². The van der Waals surface area contributed by atoms with Gasteiger partial charge < -0.3 is 9.64 Å². The van der Waals surface area contributed by atoms with E-state index in [1.807, 2.05) is 38.4 Å². The van der Waals surface area contributed by atoms with Crippen LogP contribution in [0.3, 0.4) is 0 Å². The summed E-state index contributed by atoms with van der Waals surface area (Å²) in [6.07, 6.45) is 1.23. The fraction of sp³-hybridized carbons (Fsp3) is 0.238. The largest absolute Gasteiger partial charge is 0.497 e. The molecule has 4 nitrogen and oxygen atoms in total. The Labute approximate surface area is 177 Å². The highest BCUT2D eigenvalue weighted by Gasteiger charge is 2.15. The summed E-state index contributed by atoms with van der Waals surface area (Å²) in [5.41, 5.74) is 3.24. The fourth-order valence-corrected chi connectivity index (χ4v) is 4.82. The summed E-state index contributed by atoms with van der Waals surface area (Å²) in [6, 6.07) is 17.3. The van der Waals surface area contributed by atoms with Crippen molar-refractivity contribution in [2.75, 3.05) is 27.5 Å². The van der Waals surface area contributed by atoms with E-state index in [9.17, 15) is 8.42 Å². The summed E-state index contributed by atoms with van der Waals surface area (Å²) in [4.78, 5) is 4.90. The number of halogens is 1. The molecule has 0 saturated heterocycles. The molecule has 0 N–H and O–H groups in total. The van der Waals surface area contributed by atoms with Gasteiger partial charge in [0.25, 0.3) is 0 Å². The molecule has 0 spiro atoms. The monoisotopic (exact) mass is 437 g/mol. The van der Waals surface area contributed by atoms with Crippen molar-refractivity contribution in [3.05, 3.63) is 59.5 Å². The molecule has 2 aromatic carbocycles. The zero-order valence-corrected chi connectivity index (χ0v) is 18.7. The van der Waals surface area contributed by atoms with Gasteiger partial charge in [-0.1, -0.05) is 12.1 Å². The maximum Gasteiger partial charge on any atom is 0.175 e. The van der Waals surface area contributed by atoms with Gasteiger partial charge in [-0.15, -0.1) is 23.7 Å². The number of ether oxygens (including phenoxy) is 1. The Morgan fingerprint density at radius 2 is 1.54 bits per heavy atom. The zero-order chi connectivity index (χ0) is 19.6. The van der Waals surface area contributed by atoms with Gasteiger partial charge in [0.1, 0.15) is 5.75 Å². The molecule has 0 saturated carbocycles. The minimum Gasteiger partial charge on any atom is -0.497 e. The van der Waals surface area contributed by atoms with Crippen molar-refractivity contribution in [1.29, 1.82) is 0 Å². The molecule has 0 amide bonds. The predicted octanol–water partition coefficient (Wildman–Crippen LogP) is 4.98. The van der Waals surface area contributed by atoms with Crippen LogP contribution in [-0.4, -0.2) is 40.8 Å². The molecule has 0 atom stereocenters. The van der Waals surface area contributed by atoms with E-state index < -0.39 is 9.84 Å². The Morgan fingerprint density at radius 3 is 2.04 bits per heavy atom. The Morgan fingerprint density at radius 1 is 0.964 bits per heavy atom. The molecular formula is C21H24ClNO3S2. The first-order valence-corrected chi connectivity index (χ1v) is 11.2. The van der Waals surface area contributed by atoms with Crippen LogP contribution in [0.15, 0.2) is 59.5 Å². The van der Waals surface area contributed by atoms with Crippen LogP contribution in [0, 0.1) is 0 Å². The zero-order valence-electron chi connectivity index (χ0n) is 16.3. The van der Waals surface area contributed by atoms with Crippen molar-refractivity contribution >= 4 is 33.6 Å².